The third-order valence-electron chi connectivity index (χ3n) is 2.71. The van der Waals surface area contributed by atoms with Crippen LogP contribution in [0.5, 0.6) is 11.6 Å². The molecule has 0 fully saturated rings. The summed E-state index contributed by atoms with van der Waals surface area (Å²) >= 11 is 5.93. The van der Waals surface area contributed by atoms with Gasteiger partial charge in [0.25, 0.3) is 5.88 Å². The van der Waals surface area contributed by atoms with Crippen LogP contribution >= 0.6 is 11.6 Å². The molecule has 1 aromatic heterocycles. The molecule has 0 saturated heterocycles. The van der Waals surface area contributed by atoms with Crippen LogP contribution in [0.2, 0.25) is 5.15 Å². The molecule has 0 radical (unpaired) electrons. The minimum atomic E-state index is 0.270. The zero-order valence-corrected chi connectivity index (χ0v) is 11.4. The first-order valence-corrected chi connectivity index (χ1v) is 6.20. The van der Waals surface area contributed by atoms with Crippen LogP contribution in [-0.2, 0) is 0 Å². The van der Waals surface area contributed by atoms with Crippen LogP contribution in [0, 0.1) is 6.92 Å². The van der Waals surface area contributed by atoms with Gasteiger partial charge in [-0.2, -0.15) is 0 Å². The molecule has 0 saturated carbocycles. The lowest BCUT2D eigenvalue weighted by molar-refractivity contribution is 0.456. The van der Waals surface area contributed by atoms with E-state index in [1.165, 1.54) is 11.8 Å². The van der Waals surface area contributed by atoms with E-state index in [0.717, 1.165) is 11.3 Å². The quantitative estimate of drug-likeness (QED) is 0.825. The van der Waals surface area contributed by atoms with E-state index in [0.29, 0.717) is 11.8 Å². The first-order chi connectivity index (χ1) is 8.58. The van der Waals surface area contributed by atoms with Gasteiger partial charge < -0.3 is 4.74 Å². The minimum Gasteiger partial charge on any atom is -0.436 e. The number of hydrogen-bond acceptors (Lipinski definition) is 3. The number of halogens is 1. The first-order valence-electron chi connectivity index (χ1n) is 5.83. The smallest absolute Gasteiger partial charge is 0.257 e. The third kappa shape index (κ3) is 2.79. The lowest BCUT2D eigenvalue weighted by atomic mass is 10.0. The van der Waals surface area contributed by atoms with Gasteiger partial charge in [0, 0.05) is 12.4 Å². The molecule has 18 heavy (non-hydrogen) atoms. The summed E-state index contributed by atoms with van der Waals surface area (Å²) in [7, 11) is 0. The zero-order chi connectivity index (χ0) is 13.1. The molecule has 1 heterocycles. The second-order valence-corrected chi connectivity index (χ2v) is 4.79. The van der Waals surface area contributed by atoms with Gasteiger partial charge in [-0.1, -0.05) is 37.6 Å². The minimum absolute atomic E-state index is 0.270. The fourth-order valence-electron chi connectivity index (χ4n) is 1.57. The Bertz CT molecular complexity index is 555. The maximum absolute atomic E-state index is 5.93. The van der Waals surface area contributed by atoms with Crippen molar-refractivity contribution in [2.45, 2.75) is 26.7 Å². The van der Waals surface area contributed by atoms with Gasteiger partial charge in [-0.05, 0) is 30.0 Å². The molecule has 1 aromatic carbocycles. The van der Waals surface area contributed by atoms with Crippen molar-refractivity contribution < 1.29 is 4.74 Å². The predicted molar refractivity (Wildman–Crippen MR) is 72.4 cm³/mol. The summed E-state index contributed by atoms with van der Waals surface area (Å²) < 4.78 is 5.73. The summed E-state index contributed by atoms with van der Waals surface area (Å²) in [5.74, 6) is 1.55. The number of nitrogens with zero attached hydrogens (tertiary/aromatic N) is 2. The van der Waals surface area contributed by atoms with Crippen molar-refractivity contribution in [3.05, 3.63) is 46.9 Å². The highest BCUT2D eigenvalue weighted by Gasteiger charge is 2.09. The monoisotopic (exact) mass is 262 g/mol. The lowest BCUT2D eigenvalue weighted by Gasteiger charge is -2.12. The molecule has 94 valence electrons. The van der Waals surface area contributed by atoms with E-state index in [4.69, 9.17) is 16.3 Å². The predicted octanol–water partition coefficient (Wildman–Crippen LogP) is 4.35. The van der Waals surface area contributed by atoms with Crippen LogP contribution in [0.25, 0.3) is 0 Å². The molecule has 0 amide bonds. The summed E-state index contributed by atoms with van der Waals surface area (Å²) in [4.78, 5) is 8.01. The van der Waals surface area contributed by atoms with Gasteiger partial charge >= 0.3 is 0 Å². The maximum atomic E-state index is 5.93. The maximum Gasteiger partial charge on any atom is 0.257 e. The van der Waals surface area contributed by atoms with Crippen LogP contribution in [0.15, 0.2) is 30.6 Å². The second-order valence-electron chi connectivity index (χ2n) is 4.43. The molecule has 2 aromatic rings. The van der Waals surface area contributed by atoms with E-state index in [9.17, 15) is 0 Å². The Morgan fingerprint density at radius 3 is 2.56 bits per heavy atom. The number of aromatic nitrogens is 2. The standard InChI is InChI=1S/C14H15ClN2O/c1-9(2)11-5-4-10(3)12(8-11)18-14-13(15)16-6-7-17-14/h4-9H,1-3H3. The van der Waals surface area contributed by atoms with E-state index in [2.05, 4.69) is 29.9 Å². The van der Waals surface area contributed by atoms with Crippen molar-refractivity contribution in [2.24, 2.45) is 0 Å². The Morgan fingerprint density at radius 2 is 1.89 bits per heavy atom. The molecule has 0 spiro atoms. The Hall–Kier alpha value is -1.61. The molecule has 0 aliphatic heterocycles. The average Bonchev–Trinajstić information content (AvgIpc) is 2.34. The van der Waals surface area contributed by atoms with Crippen molar-refractivity contribution in [1.82, 2.24) is 9.97 Å². The topological polar surface area (TPSA) is 35.0 Å². The molecule has 4 heteroatoms. The number of ether oxygens (including phenoxy) is 1. The number of benzene rings is 1. The number of rotatable bonds is 3. The Labute approximate surface area is 112 Å². The van der Waals surface area contributed by atoms with Crippen LogP contribution in [0.1, 0.15) is 30.9 Å². The van der Waals surface area contributed by atoms with E-state index < -0.39 is 0 Å². The van der Waals surface area contributed by atoms with Gasteiger partial charge in [-0.15, -0.1) is 0 Å². The number of aryl methyl sites for hydroxylation is 1. The van der Waals surface area contributed by atoms with Crippen LogP contribution in [0.4, 0.5) is 0 Å². The van der Waals surface area contributed by atoms with Crippen molar-refractivity contribution >= 4 is 11.6 Å². The lowest BCUT2D eigenvalue weighted by Crippen LogP contribution is -1.95. The summed E-state index contributed by atoms with van der Waals surface area (Å²) in [5, 5.41) is 0.270. The van der Waals surface area contributed by atoms with Gasteiger partial charge in [0.2, 0.25) is 0 Å². The third-order valence-corrected chi connectivity index (χ3v) is 2.97. The molecule has 0 atom stereocenters. The van der Waals surface area contributed by atoms with Gasteiger partial charge in [0.1, 0.15) is 5.75 Å². The SMILES string of the molecule is Cc1ccc(C(C)C)cc1Oc1nccnc1Cl. The van der Waals surface area contributed by atoms with Gasteiger partial charge in [-0.3, -0.25) is 0 Å². The molecular formula is C14H15ClN2O. The molecule has 0 N–H and O–H groups in total. The molecular weight excluding hydrogens is 248 g/mol. The second kappa shape index (κ2) is 5.36. The fourth-order valence-corrected chi connectivity index (χ4v) is 1.71. The fraction of sp³-hybridized carbons (Fsp3) is 0.286. The highest BCUT2D eigenvalue weighted by molar-refractivity contribution is 6.30. The normalized spacial score (nSPS) is 10.7. The van der Waals surface area contributed by atoms with Crippen LogP contribution < -0.4 is 4.74 Å². The average molecular weight is 263 g/mol. The molecule has 0 aliphatic carbocycles. The Kier molecular flexibility index (Phi) is 3.82. The molecule has 0 aliphatic rings. The Balaban J connectivity index is 2.34. The van der Waals surface area contributed by atoms with Crippen molar-refractivity contribution in [1.29, 1.82) is 0 Å². The molecule has 0 unspecified atom stereocenters. The van der Waals surface area contributed by atoms with Gasteiger partial charge in [-0.25, -0.2) is 9.97 Å². The number of hydrogen-bond donors (Lipinski definition) is 0. The highest BCUT2D eigenvalue weighted by atomic mass is 35.5. The Morgan fingerprint density at radius 1 is 1.17 bits per heavy atom. The van der Waals surface area contributed by atoms with E-state index >= 15 is 0 Å². The van der Waals surface area contributed by atoms with Crippen LogP contribution in [0.3, 0.4) is 0 Å². The highest BCUT2D eigenvalue weighted by Crippen LogP contribution is 2.30. The molecule has 0 bridgehead atoms. The van der Waals surface area contributed by atoms with Gasteiger partial charge in [0.05, 0.1) is 0 Å². The van der Waals surface area contributed by atoms with Crippen LogP contribution in [-0.4, -0.2) is 9.97 Å². The summed E-state index contributed by atoms with van der Waals surface area (Å²) in [6.45, 7) is 6.28. The molecule has 2 rings (SSSR count). The van der Waals surface area contributed by atoms with Crippen molar-refractivity contribution in [3.63, 3.8) is 0 Å². The van der Waals surface area contributed by atoms with Crippen molar-refractivity contribution in [3.8, 4) is 11.6 Å². The zero-order valence-electron chi connectivity index (χ0n) is 10.6. The van der Waals surface area contributed by atoms with Crippen molar-refractivity contribution in [2.75, 3.05) is 0 Å². The van der Waals surface area contributed by atoms with E-state index in [-0.39, 0.29) is 5.15 Å². The van der Waals surface area contributed by atoms with E-state index in [1.54, 1.807) is 6.20 Å². The summed E-state index contributed by atoms with van der Waals surface area (Å²) in [6, 6.07) is 6.16. The summed E-state index contributed by atoms with van der Waals surface area (Å²) in [6.07, 6.45) is 3.09. The first kappa shape index (κ1) is 12.8. The van der Waals surface area contributed by atoms with Gasteiger partial charge in [0.15, 0.2) is 5.15 Å². The largest absolute Gasteiger partial charge is 0.436 e. The molecule has 3 nitrogen and oxygen atoms in total. The van der Waals surface area contributed by atoms with E-state index in [1.807, 2.05) is 19.1 Å². The summed E-state index contributed by atoms with van der Waals surface area (Å²) in [5.41, 5.74) is 2.26.